The van der Waals surface area contributed by atoms with Gasteiger partial charge in [0.05, 0.1) is 31.5 Å². The summed E-state index contributed by atoms with van der Waals surface area (Å²) in [5.41, 5.74) is 1.90. The summed E-state index contributed by atoms with van der Waals surface area (Å²) in [7, 11) is 1.79. The quantitative estimate of drug-likeness (QED) is 0.807. The SMILES string of the molecule is CN1C(=O)CCOc2ccc(C3CNCO3)cc21. The van der Waals surface area contributed by atoms with Crippen LogP contribution in [0.25, 0.3) is 0 Å². The molecule has 1 N–H and O–H groups in total. The number of anilines is 1. The lowest BCUT2D eigenvalue weighted by Crippen LogP contribution is -2.25. The molecule has 2 aliphatic rings. The van der Waals surface area contributed by atoms with Gasteiger partial charge in [-0.2, -0.15) is 0 Å². The first-order chi connectivity index (χ1) is 8.75. The molecule has 1 amide bonds. The predicted octanol–water partition coefficient (Wildman–Crippen LogP) is 1.05. The monoisotopic (exact) mass is 248 g/mol. The zero-order chi connectivity index (χ0) is 12.5. The average molecular weight is 248 g/mol. The summed E-state index contributed by atoms with van der Waals surface area (Å²) in [6, 6.07) is 5.90. The molecule has 2 aliphatic heterocycles. The number of nitrogens with zero attached hydrogens (tertiary/aromatic N) is 1. The van der Waals surface area contributed by atoms with Crippen LogP contribution in [0.3, 0.4) is 0 Å². The second-order valence-corrected chi connectivity index (χ2v) is 4.53. The van der Waals surface area contributed by atoms with Crippen molar-refractivity contribution in [2.75, 3.05) is 31.8 Å². The fourth-order valence-electron chi connectivity index (χ4n) is 2.29. The lowest BCUT2D eigenvalue weighted by atomic mass is 10.1. The number of hydrogen-bond donors (Lipinski definition) is 1. The average Bonchev–Trinajstić information content (AvgIpc) is 2.87. The Morgan fingerprint density at radius 2 is 2.33 bits per heavy atom. The molecule has 1 unspecified atom stereocenters. The minimum Gasteiger partial charge on any atom is -0.491 e. The Morgan fingerprint density at radius 1 is 1.44 bits per heavy atom. The highest BCUT2D eigenvalue weighted by atomic mass is 16.5. The molecule has 18 heavy (non-hydrogen) atoms. The number of rotatable bonds is 1. The van der Waals surface area contributed by atoms with Crippen molar-refractivity contribution in [3.05, 3.63) is 23.8 Å². The van der Waals surface area contributed by atoms with Gasteiger partial charge in [0.25, 0.3) is 0 Å². The topological polar surface area (TPSA) is 50.8 Å². The van der Waals surface area contributed by atoms with Gasteiger partial charge in [-0.1, -0.05) is 6.07 Å². The van der Waals surface area contributed by atoms with Crippen molar-refractivity contribution in [1.82, 2.24) is 5.32 Å². The van der Waals surface area contributed by atoms with E-state index in [-0.39, 0.29) is 12.0 Å². The normalized spacial score (nSPS) is 23.5. The predicted molar refractivity (Wildman–Crippen MR) is 66.7 cm³/mol. The molecular weight excluding hydrogens is 232 g/mol. The van der Waals surface area contributed by atoms with Gasteiger partial charge in [0.1, 0.15) is 5.75 Å². The minimum atomic E-state index is 0.0575. The molecule has 5 nitrogen and oxygen atoms in total. The molecule has 96 valence electrons. The zero-order valence-corrected chi connectivity index (χ0v) is 10.3. The fourth-order valence-corrected chi connectivity index (χ4v) is 2.29. The summed E-state index contributed by atoms with van der Waals surface area (Å²) < 4.78 is 11.2. The van der Waals surface area contributed by atoms with Crippen LogP contribution in [0.2, 0.25) is 0 Å². The van der Waals surface area contributed by atoms with Gasteiger partial charge in [0.15, 0.2) is 0 Å². The summed E-state index contributed by atoms with van der Waals surface area (Å²) in [5.74, 6) is 0.842. The van der Waals surface area contributed by atoms with Crippen LogP contribution in [0.1, 0.15) is 18.1 Å². The number of benzene rings is 1. The van der Waals surface area contributed by atoms with E-state index in [4.69, 9.17) is 9.47 Å². The Morgan fingerprint density at radius 3 is 3.11 bits per heavy atom. The number of carbonyl (C=O) groups excluding carboxylic acids is 1. The van der Waals surface area contributed by atoms with E-state index in [1.54, 1.807) is 11.9 Å². The van der Waals surface area contributed by atoms with E-state index >= 15 is 0 Å². The number of nitrogens with one attached hydrogen (secondary N) is 1. The molecular formula is C13H16N2O3. The second kappa shape index (κ2) is 4.59. The Hall–Kier alpha value is -1.59. The van der Waals surface area contributed by atoms with Crippen molar-refractivity contribution in [1.29, 1.82) is 0 Å². The Bertz CT molecular complexity index is 469. The summed E-state index contributed by atoms with van der Waals surface area (Å²) in [5, 5.41) is 3.15. The van der Waals surface area contributed by atoms with E-state index in [0.29, 0.717) is 19.8 Å². The van der Waals surface area contributed by atoms with Gasteiger partial charge in [-0.05, 0) is 17.7 Å². The van der Waals surface area contributed by atoms with Crippen LogP contribution in [0, 0.1) is 0 Å². The number of ether oxygens (including phenoxy) is 2. The lowest BCUT2D eigenvalue weighted by molar-refractivity contribution is -0.118. The number of fused-ring (bicyclic) bond motifs is 1. The first-order valence-corrected chi connectivity index (χ1v) is 6.11. The highest BCUT2D eigenvalue weighted by Gasteiger charge is 2.23. The minimum absolute atomic E-state index is 0.0575. The van der Waals surface area contributed by atoms with Crippen molar-refractivity contribution in [2.24, 2.45) is 0 Å². The zero-order valence-electron chi connectivity index (χ0n) is 10.3. The van der Waals surface area contributed by atoms with Crippen molar-refractivity contribution >= 4 is 11.6 Å². The second-order valence-electron chi connectivity index (χ2n) is 4.53. The van der Waals surface area contributed by atoms with Gasteiger partial charge in [-0.15, -0.1) is 0 Å². The van der Waals surface area contributed by atoms with Gasteiger partial charge in [-0.25, -0.2) is 0 Å². The van der Waals surface area contributed by atoms with Crippen molar-refractivity contribution in [3.8, 4) is 5.75 Å². The maximum absolute atomic E-state index is 11.8. The van der Waals surface area contributed by atoms with E-state index in [2.05, 4.69) is 5.32 Å². The van der Waals surface area contributed by atoms with E-state index < -0.39 is 0 Å². The lowest BCUT2D eigenvalue weighted by Gasteiger charge is -2.18. The van der Waals surface area contributed by atoms with Gasteiger partial charge in [-0.3, -0.25) is 10.1 Å². The first kappa shape index (κ1) is 11.5. The van der Waals surface area contributed by atoms with Crippen LogP contribution < -0.4 is 15.0 Å². The molecule has 1 aromatic carbocycles. The molecule has 5 heteroatoms. The number of hydrogen-bond acceptors (Lipinski definition) is 4. The molecule has 0 bridgehead atoms. The maximum Gasteiger partial charge on any atom is 0.230 e. The van der Waals surface area contributed by atoms with Crippen LogP contribution in [-0.2, 0) is 9.53 Å². The van der Waals surface area contributed by atoms with Crippen LogP contribution in [0.15, 0.2) is 18.2 Å². The smallest absolute Gasteiger partial charge is 0.230 e. The van der Waals surface area contributed by atoms with Crippen LogP contribution in [0.5, 0.6) is 5.75 Å². The Kier molecular flexibility index (Phi) is 2.93. The fraction of sp³-hybridized carbons (Fsp3) is 0.462. The van der Waals surface area contributed by atoms with E-state index in [1.165, 1.54) is 0 Å². The molecule has 0 aliphatic carbocycles. The third kappa shape index (κ3) is 1.95. The molecule has 0 radical (unpaired) electrons. The van der Waals surface area contributed by atoms with Gasteiger partial charge in [0.2, 0.25) is 5.91 Å². The molecule has 1 fully saturated rings. The van der Waals surface area contributed by atoms with Gasteiger partial charge in [0, 0.05) is 13.6 Å². The number of carbonyl (C=O) groups is 1. The van der Waals surface area contributed by atoms with Crippen LogP contribution in [-0.4, -0.2) is 32.8 Å². The molecule has 1 saturated heterocycles. The van der Waals surface area contributed by atoms with Crippen molar-refractivity contribution in [2.45, 2.75) is 12.5 Å². The summed E-state index contributed by atoms with van der Waals surface area (Å²) in [6.45, 7) is 1.82. The molecule has 2 heterocycles. The summed E-state index contributed by atoms with van der Waals surface area (Å²) in [6.07, 6.45) is 0.476. The number of amides is 1. The van der Waals surface area contributed by atoms with Crippen molar-refractivity contribution < 1.29 is 14.3 Å². The van der Waals surface area contributed by atoms with E-state index in [9.17, 15) is 4.79 Å². The molecule has 1 aromatic rings. The summed E-state index contributed by atoms with van der Waals surface area (Å²) >= 11 is 0. The van der Waals surface area contributed by atoms with E-state index in [0.717, 1.165) is 23.5 Å². The molecule has 0 saturated carbocycles. The molecule has 0 spiro atoms. The molecule has 3 rings (SSSR count). The summed E-state index contributed by atoms with van der Waals surface area (Å²) in [4.78, 5) is 13.5. The Labute approximate surface area is 106 Å². The van der Waals surface area contributed by atoms with E-state index in [1.807, 2.05) is 18.2 Å². The van der Waals surface area contributed by atoms with Gasteiger partial charge < -0.3 is 14.4 Å². The highest BCUT2D eigenvalue weighted by molar-refractivity contribution is 5.95. The highest BCUT2D eigenvalue weighted by Crippen LogP contribution is 2.34. The molecule has 1 atom stereocenters. The maximum atomic E-state index is 11.8. The van der Waals surface area contributed by atoms with Crippen molar-refractivity contribution in [3.63, 3.8) is 0 Å². The standard InChI is InChI=1S/C13H16N2O3/c1-15-10-6-9(12-7-14-8-18-12)2-3-11(10)17-5-4-13(15)16/h2-3,6,12,14H,4-5,7-8H2,1H3. The van der Waals surface area contributed by atoms with Gasteiger partial charge >= 0.3 is 0 Å². The van der Waals surface area contributed by atoms with Crippen LogP contribution in [0.4, 0.5) is 5.69 Å². The third-order valence-electron chi connectivity index (χ3n) is 3.38. The van der Waals surface area contributed by atoms with Crippen LogP contribution >= 0.6 is 0 Å². The molecule has 0 aromatic heterocycles. The largest absolute Gasteiger partial charge is 0.491 e. The first-order valence-electron chi connectivity index (χ1n) is 6.11. The Balaban J connectivity index is 1.97. The third-order valence-corrected chi connectivity index (χ3v) is 3.38.